The molecule has 0 unspecified atom stereocenters. The second kappa shape index (κ2) is 7.73. The van der Waals surface area contributed by atoms with Crippen LogP contribution in [0.3, 0.4) is 0 Å². The highest BCUT2D eigenvalue weighted by Crippen LogP contribution is 2.22. The molecule has 0 saturated heterocycles. The maximum atomic E-state index is 13.5. The molecule has 2 aromatic heterocycles. The van der Waals surface area contributed by atoms with E-state index in [1.54, 1.807) is 23.0 Å². The third-order valence-electron chi connectivity index (χ3n) is 4.57. The predicted octanol–water partition coefficient (Wildman–Crippen LogP) is 2.89. The lowest BCUT2D eigenvalue weighted by atomic mass is 10.1. The van der Waals surface area contributed by atoms with Gasteiger partial charge in [0.1, 0.15) is 18.6 Å². The second-order valence-corrected chi connectivity index (χ2v) is 6.55. The molecule has 144 valence electrons. The second-order valence-electron chi connectivity index (χ2n) is 6.55. The Morgan fingerprint density at radius 3 is 2.89 bits per heavy atom. The van der Waals surface area contributed by atoms with E-state index in [9.17, 15) is 14.5 Å². The summed E-state index contributed by atoms with van der Waals surface area (Å²) in [5, 5.41) is 10.9. The lowest BCUT2D eigenvalue weighted by molar-refractivity contribution is -0.389. The van der Waals surface area contributed by atoms with Gasteiger partial charge in [-0.1, -0.05) is 12.1 Å². The first kappa shape index (κ1) is 18.1. The van der Waals surface area contributed by atoms with Gasteiger partial charge >= 0.3 is 11.8 Å². The normalized spacial score (nSPS) is 14.6. The number of hydrogen-bond donors (Lipinski definition) is 0. The van der Waals surface area contributed by atoms with Gasteiger partial charge in [-0.3, -0.25) is 14.5 Å². The van der Waals surface area contributed by atoms with Crippen molar-refractivity contribution in [3.63, 3.8) is 0 Å². The van der Waals surface area contributed by atoms with Crippen molar-refractivity contribution in [2.45, 2.75) is 13.1 Å². The fourth-order valence-electron chi connectivity index (χ4n) is 3.19. The van der Waals surface area contributed by atoms with Crippen LogP contribution < -0.4 is 4.74 Å². The number of nitrogens with zero attached hydrogens (tertiary/aromatic N) is 5. The highest BCUT2D eigenvalue weighted by molar-refractivity contribution is 5.62. The fraction of sp³-hybridized carbons (Fsp3) is 0.263. The van der Waals surface area contributed by atoms with Gasteiger partial charge in [-0.25, -0.2) is 4.39 Å². The minimum absolute atomic E-state index is 0.213. The molecule has 3 heterocycles. The molecular weight excluding hydrogens is 365 g/mol. The maximum Gasteiger partial charge on any atom is 0.414 e. The summed E-state index contributed by atoms with van der Waals surface area (Å²) in [7, 11) is 0. The average Bonchev–Trinajstić information content (AvgIpc) is 3.07. The highest BCUT2D eigenvalue weighted by Gasteiger charge is 2.22. The Hall–Kier alpha value is -3.33. The molecule has 0 atom stereocenters. The number of aromatic nitrogens is 3. The number of nitro groups is 1. The lowest BCUT2D eigenvalue weighted by Gasteiger charge is -2.24. The Morgan fingerprint density at radius 2 is 2.07 bits per heavy atom. The van der Waals surface area contributed by atoms with Crippen molar-refractivity contribution in [2.75, 3.05) is 19.7 Å². The van der Waals surface area contributed by atoms with Crippen molar-refractivity contribution in [2.24, 2.45) is 0 Å². The zero-order valence-corrected chi connectivity index (χ0v) is 15.0. The zero-order valence-electron chi connectivity index (χ0n) is 15.0. The zero-order chi connectivity index (χ0) is 19.5. The van der Waals surface area contributed by atoms with E-state index >= 15 is 0 Å². The minimum Gasteiger partial charge on any atom is -0.444 e. The van der Waals surface area contributed by atoms with E-state index < -0.39 is 4.92 Å². The van der Waals surface area contributed by atoms with Crippen LogP contribution in [0.15, 0.2) is 48.9 Å². The first-order valence-electron chi connectivity index (χ1n) is 8.85. The van der Waals surface area contributed by atoms with Gasteiger partial charge in [-0.2, -0.15) is 0 Å². The van der Waals surface area contributed by atoms with Crippen LogP contribution in [0.25, 0.3) is 11.1 Å². The summed E-state index contributed by atoms with van der Waals surface area (Å²) in [5.74, 6) is -0.496. The smallest absolute Gasteiger partial charge is 0.414 e. The number of fused-ring (bicyclic) bond motifs is 1. The Balaban J connectivity index is 1.47. The molecular formula is C19H18FN5O3. The highest BCUT2D eigenvalue weighted by atomic mass is 19.1. The van der Waals surface area contributed by atoms with Crippen LogP contribution in [0.5, 0.6) is 6.01 Å². The van der Waals surface area contributed by atoms with E-state index in [4.69, 9.17) is 4.74 Å². The van der Waals surface area contributed by atoms with Crippen LogP contribution in [-0.4, -0.2) is 44.1 Å². The standard InChI is InChI=1S/C19H18FN5O3/c20-17-3-1-2-15(9-17)16-8-14(10-21-11-16)12-23-4-5-24-13-18(25(26)27)22-19(24)28-7-6-23/h1-3,8-11,13H,4-7,12H2. The third kappa shape index (κ3) is 3.99. The van der Waals surface area contributed by atoms with Crippen molar-refractivity contribution in [3.8, 4) is 17.1 Å². The molecule has 1 aliphatic rings. The van der Waals surface area contributed by atoms with Crippen molar-refractivity contribution in [1.29, 1.82) is 0 Å². The van der Waals surface area contributed by atoms with Crippen LogP contribution in [0.4, 0.5) is 10.2 Å². The van der Waals surface area contributed by atoms with Gasteiger partial charge in [0, 0.05) is 49.1 Å². The molecule has 3 aromatic rings. The van der Waals surface area contributed by atoms with Crippen LogP contribution in [0.1, 0.15) is 5.56 Å². The van der Waals surface area contributed by atoms with E-state index in [1.165, 1.54) is 18.3 Å². The quantitative estimate of drug-likeness (QED) is 0.509. The molecule has 1 aliphatic heterocycles. The Bertz CT molecular complexity index is 1010. The van der Waals surface area contributed by atoms with Crippen molar-refractivity contribution in [1.82, 2.24) is 19.4 Å². The van der Waals surface area contributed by atoms with Gasteiger partial charge in [0.25, 0.3) is 0 Å². The van der Waals surface area contributed by atoms with E-state index in [0.29, 0.717) is 32.8 Å². The molecule has 1 aromatic carbocycles. The monoisotopic (exact) mass is 383 g/mol. The topological polar surface area (TPSA) is 86.3 Å². The van der Waals surface area contributed by atoms with Crippen molar-refractivity contribution in [3.05, 3.63) is 70.4 Å². The molecule has 9 heteroatoms. The number of benzene rings is 1. The molecule has 0 fully saturated rings. The van der Waals surface area contributed by atoms with E-state index in [2.05, 4.69) is 14.9 Å². The molecule has 0 saturated carbocycles. The molecule has 0 aliphatic carbocycles. The number of ether oxygens (including phenoxy) is 1. The van der Waals surface area contributed by atoms with Crippen LogP contribution in [-0.2, 0) is 13.1 Å². The van der Waals surface area contributed by atoms with Crippen molar-refractivity contribution >= 4 is 5.82 Å². The maximum absolute atomic E-state index is 13.5. The molecule has 0 radical (unpaired) electrons. The summed E-state index contributed by atoms with van der Waals surface area (Å²) in [4.78, 5) is 20.7. The summed E-state index contributed by atoms with van der Waals surface area (Å²) >= 11 is 0. The fourth-order valence-corrected chi connectivity index (χ4v) is 3.19. The van der Waals surface area contributed by atoms with Crippen LogP contribution in [0, 0.1) is 15.9 Å². The number of imidazole rings is 1. The van der Waals surface area contributed by atoms with E-state index in [-0.39, 0.29) is 17.6 Å². The first-order valence-corrected chi connectivity index (χ1v) is 8.85. The SMILES string of the molecule is O=[N+]([O-])c1cn2c(n1)OCCN(Cc1cncc(-c3cccc(F)c3)c1)CC2. The van der Waals surface area contributed by atoms with Crippen molar-refractivity contribution < 1.29 is 14.1 Å². The number of rotatable bonds is 4. The molecule has 0 amide bonds. The number of hydrogen-bond acceptors (Lipinski definition) is 6. The summed E-state index contributed by atoms with van der Waals surface area (Å²) in [6.45, 7) is 2.91. The molecule has 0 N–H and O–H groups in total. The number of pyridine rings is 1. The summed E-state index contributed by atoms with van der Waals surface area (Å²) < 4.78 is 20.7. The van der Waals surface area contributed by atoms with E-state index in [0.717, 1.165) is 16.7 Å². The van der Waals surface area contributed by atoms with Gasteiger partial charge in [0.05, 0.1) is 0 Å². The number of halogens is 1. The molecule has 0 spiro atoms. The van der Waals surface area contributed by atoms with Gasteiger partial charge in [-0.05, 0) is 34.2 Å². The molecule has 28 heavy (non-hydrogen) atoms. The summed E-state index contributed by atoms with van der Waals surface area (Å²) in [6.07, 6.45) is 4.90. The van der Waals surface area contributed by atoms with Crippen LogP contribution in [0.2, 0.25) is 0 Å². The minimum atomic E-state index is -0.525. The Kier molecular flexibility index (Phi) is 4.98. The van der Waals surface area contributed by atoms with Crippen LogP contribution >= 0.6 is 0 Å². The average molecular weight is 383 g/mol. The Labute approximate surface area is 160 Å². The lowest BCUT2D eigenvalue weighted by Crippen LogP contribution is -2.33. The van der Waals surface area contributed by atoms with Gasteiger partial charge in [0.15, 0.2) is 0 Å². The summed E-state index contributed by atoms with van der Waals surface area (Å²) in [5.41, 5.74) is 2.63. The van der Waals surface area contributed by atoms with Gasteiger partial charge < -0.3 is 14.9 Å². The molecule has 8 nitrogen and oxygen atoms in total. The Morgan fingerprint density at radius 1 is 1.18 bits per heavy atom. The first-order chi connectivity index (χ1) is 13.6. The van der Waals surface area contributed by atoms with E-state index in [1.807, 2.05) is 12.1 Å². The largest absolute Gasteiger partial charge is 0.444 e. The predicted molar refractivity (Wildman–Crippen MR) is 99.3 cm³/mol. The van der Waals surface area contributed by atoms with Gasteiger partial charge in [-0.15, -0.1) is 0 Å². The summed E-state index contributed by atoms with van der Waals surface area (Å²) in [6, 6.07) is 8.69. The third-order valence-corrected chi connectivity index (χ3v) is 4.57. The van der Waals surface area contributed by atoms with Gasteiger partial charge in [0.2, 0.25) is 0 Å². The molecule has 0 bridgehead atoms. The molecule has 4 rings (SSSR count).